The van der Waals surface area contributed by atoms with Crippen molar-refractivity contribution in [3.05, 3.63) is 71.8 Å². The van der Waals surface area contributed by atoms with E-state index in [1.54, 1.807) is 0 Å². The summed E-state index contributed by atoms with van der Waals surface area (Å²) >= 11 is 0. The number of benzene rings is 2. The molecule has 0 saturated heterocycles. The van der Waals surface area contributed by atoms with Crippen LogP contribution in [0, 0.1) is 0 Å². The summed E-state index contributed by atoms with van der Waals surface area (Å²) in [7, 11) is 0. The summed E-state index contributed by atoms with van der Waals surface area (Å²) in [6.45, 7) is 1.53. The highest BCUT2D eigenvalue weighted by molar-refractivity contribution is 6.41. The third-order valence-corrected chi connectivity index (χ3v) is 3.51. The number of nitrogens with zero attached hydrogens (tertiary/aromatic N) is 1. The molecule has 100 valence electrons. The predicted molar refractivity (Wildman–Crippen MR) is 77.6 cm³/mol. The fourth-order valence-corrected chi connectivity index (χ4v) is 2.55. The number of carbonyl (C=O) groups is 1. The second kappa shape index (κ2) is 5.29. The highest BCUT2D eigenvalue weighted by Crippen LogP contribution is 2.39. The Balaban J connectivity index is 2.03. The molecule has 1 aliphatic heterocycles. The maximum atomic E-state index is 11.8. The number of carbonyl (C=O) groups excluding carboxylic acids is 1. The zero-order valence-electron chi connectivity index (χ0n) is 11.2. The summed E-state index contributed by atoms with van der Waals surface area (Å²) < 4.78 is 0. The first kappa shape index (κ1) is 12.6. The maximum Gasteiger partial charge on any atom is 0.178 e. The Labute approximate surface area is 117 Å². The molecule has 0 spiro atoms. The summed E-state index contributed by atoms with van der Waals surface area (Å²) in [6.07, 6.45) is -0.238. The van der Waals surface area contributed by atoms with Crippen molar-refractivity contribution in [3.63, 3.8) is 0 Å². The molecule has 0 fully saturated rings. The smallest absolute Gasteiger partial charge is 0.178 e. The molecular formula is C17H15NO2. The minimum Gasteiger partial charge on any atom is -0.386 e. The Bertz CT molecular complexity index is 635. The molecule has 2 atom stereocenters. The van der Waals surface area contributed by atoms with Gasteiger partial charge in [-0.15, -0.1) is 0 Å². The van der Waals surface area contributed by atoms with Gasteiger partial charge in [0.25, 0.3) is 0 Å². The van der Waals surface area contributed by atoms with Crippen molar-refractivity contribution in [2.75, 3.05) is 0 Å². The minimum absolute atomic E-state index is 0.0442. The Kier molecular flexibility index (Phi) is 3.33. The molecule has 0 saturated carbocycles. The van der Waals surface area contributed by atoms with E-state index < -0.39 is 0 Å². The van der Waals surface area contributed by atoms with Gasteiger partial charge in [-0.1, -0.05) is 65.8 Å². The van der Waals surface area contributed by atoms with E-state index in [1.807, 2.05) is 60.7 Å². The SMILES string of the molecule is CC(=O)C1=NO[C@H](c2ccccc2)[C@H]1c1ccccc1. The fourth-order valence-electron chi connectivity index (χ4n) is 2.55. The van der Waals surface area contributed by atoms with Crippen LogP contribution in [0.15, 0.2) is 65.8 Å². The predicted octanol–water partition coefficient (Wildman–Crippen LogP) is 3.49. The molecule has 1 heterocycles. The second-order valence-electron chi connectivity index (χ2n) is 4.86. The maximum absolute atomic E-state index is 11.8. The monoisotopic (exact) mass is 265 g/mol. The number of hydrogen-bond acceptors (Lipinski definition) is 3. The van der Waals surface area contributed by atoms with Gasteiger partial charge in [0.1, 0.15) is 5.71 Å². The van der Waals surface area contributed by atoms with Gasteiger partial charge >= 0.3 is 0 Å². The lowest BCUT2D eigenvalue weighted by atomic mass is 9.85. The van der Waals surface area contributed by atoms with Crippen molar-refractivity contribution in [2.45, 2.75) is 18.9 Å². The van der Waals surface area contributed by atoms with Gasteiger partial charge in [-0.25, -0.2) is 0 Å². The number of oxime groups is 1. The van der Waals surface area contributed by atoms with Crippen LogP contribution in [-0.2, 0) is 9.63 Å². The molecule has 0 amide bonds. The molecule has 2 aromatic carbocycles. The fraction of sp³-hybridized carbons (Fsp3) is 0.176. The Morgan fingerprint density at radius 3 is 2.05 bits per heavy atom. The Morgan fingerprint density at radius 2 is 1.50 bits per heavy atom. The third kappa shape index (κ3) is 2.23. The van der Waals surface area contributed by atoms with Crippen molar-refractivity contribution >= 4 is 11.5 Å². The van der Waals surface area contributed by atoms with Crippen molar-refractivity contribution in [1.29, 1.82) is 0 Å². The molecule has 0 bridgehead atoms. The molecule has 3 heteroatoms. The van der Waals surface area contributed by atoms with Crippen LogP contribution >= 0.6 is 0 Å². The lowest BCUT2D eigenvalue weighted by Gasteiger charge is -2.18. The summed E-state index contributed by atoms with van der Waals surface area (Å²) in [6, 6.07) is 19.8. The minimum atomic E-state index is -0.238. The first-order valence-electron chi connectivity index (χ1n) is 6.62. The van der Waals surface area contributed by atoms with Gasteiger partial charge in [-0.05, 0) is 11.1 Å². The van der Waals surface area contributed by atoms with Gasteiger partial charge in [0.2, 0.25) is 0 Å². The quantitative estimate of drug-likeness (QED) is 0.852. The summed E-state index contributed by atoms with van der Waals surface area (Å²) in [4.78, 5) is 17.3. The van der Waals surface area contributed by atoms with E-state index in [4.69, 9.17) is 4.84 Å². The lowest BCUT2D eigenvalue weighted by molar-refractivity contribution is -0.111. The van der Waals surface area contributed by atoms with Crippen molar-refractivity contribution in [2.24, 2.45) is 5.16 Å². The van der Waals surface area contributed by atoms with E-state index in [2.05, 4.69) is 5.16 Å². The molecular weight excluding hydrogens is 250 g/mol. The summed E-state index contributed by atoms with van der Waals surface area (Å²) in [5.41, 5.74) is 2.57. The topological polar surface area (TPSA) is 38.7 Å². The molecule has 0 radical (unpaired) electrons. The molecule has 3 rings (SSSR count). The third-order valence-electron chi connectivity index (χ3n) is 3.51. The zero-order chi connectivity index (χ0) is 13.9. The number of ketones is 1. The average Bonchev–Trinajstić information content (AvgIpc) is 2.94. The van der Waals surface area contributed by atoms with Gasteiger partial charge in [0.05, 0.1) is 5.92 Å². The molecule has 2 aromatic rings. The van der Waals surface area contributed by atoms with E-state index in [0.717, 1.165) is 11.1 Å². The van der Waals surface area contributed by atoms with Crippen LogP contribution in [0.4, 0.5) is 0 Å². The Morgan fingerprint density at radius 1 is 0.950 bits per heavy atom. The van der Waals surface area contributed by atoms with Gasteiger partial charge in [0.15, 0.2) is 11.9 Å². The molecule has 0 aromatic heterocycles. The van der Waals surface area contributed by atoms with Gasteiger partial charge in [-0.3, -0.25) is 4.79 Å². The molecule has 0 N–H and O–H groups in total. The highest BCUT2D eigenvalue weighted by atomic mass is 16.6. The lowest BCUT2D eigenvalue weighted by Crippen LogP contribution is -2.20. The van der Waals surface area contributed by atoms with Crippen LogP contribution in [0.25, 0.3) is 0 Å². The van der Waals surface area contributed by atoms with E-state index in [1.165, 1.54) is 6.92 Å². The number of hydrogen-bond donors (Lipinski definition) is 0. The first-order valence-corrected chi connectivity index (χ1v) is 6.62. The van der Waals surface area contributed by atoms with Crippen LogP contribution < -0.4 is 0 Å². The van der Waals surface area contributed by atoms with E-state index in [-0.39, 0.29) is 17.8 Å². The molecule has 20 heavy (non-hydrogen) atoms. The van der Waals surface area contributed by atoms with Gasteiger partial charge in [0, 0.05) is 6.92 Å². The number of rotatable bonds is 3. The van der Waals surface area contributed by atoms with Crippen LogP contribution in [0.3, 0.4) is 0 Å². The average molecular weight is 265 g/mol. The van der Waals surface area contributed by atoms with Crippen molar-refractivity contribution in [3.8, 4) is 0 Å². The van der Waals surface area contributed by atoms with Crippen molar-refractivity contribution < 1.29 is 9.63 Å². The van der Waals surface area contributed by atoms with E-state index >= 15 is 0 Å². The molecule has 0 unspecified atom stereocenters. The van der Waals surface area contributed by atoms with E-state index in [0.29, 0.717) is 5.71 Å². The number of Topliss-reactive ketones (excluding diaryl/α,β-unsaturated/α-hetero) is 1. The van der Waals surface area contributed by atoms with Gasteiger partial charge < -0.3 is 4.84 Å². The molecule has 0 aliphatic carbocycles. The normalized spacial score (nSPS) is 21.1. The van der Waals surface area contributed by atoms with E-state index in [9.17, 15) is 4.79 Å². The standard InChI is InChI=1S/C17H15NO2/c1-12(19)16-15(13-8-4-2-5-9-13)17(20-18-16)14-10-6-3-7-11-14/h2-11,15,17H,1H3/t15-,17+/m0/s1. The van der Waals surface area contributed by atoms with Crippen LogP contribution in [-0.4, -0.2) is 11.5 Å². The second-order valence-corrected chi connectivity index (χ2v) is 4.86. The molecule has 3 nitrogen and oxygen atoms in total. The van der Waals surface area contributed by atoms with Crippen LogP contribution in [0.2, 0.25) is 0 Å². The zero-order valence-corrected chi connectivity index (χ0v) is 11.2. The van der Waals surface area contributed by atoms with Gasteiger partial charge in [-0.2, -0.15) is 0 Å². The Hall–Kier alpha value is -2.42. The van der Waals surface area contributed by atoms with Crippen LogP contribution in [0.5, 0.6) is 0 Å². The van der Waals surface area contributed by atoms with Crippen LogP contribution in [0.1, 0.15) is 30.1 Å². The largest absolute Gasteiger partial charge is 0.386 e. The summed E-state index contributed by atoms with van der Waals surface area (Å²) in [5, 5.41) is 4.02. The molecule has 1 aliphatic rings. The summed E-state index contributed by atoms with van der Waals surface area (Å²) in [5.74, 6) is -0.187. The first-order chi connectivity index (χ1) is 9.77. The van der Waals surface area contributed by atoms with Crippen molar-refractivity contribution in [1.82, 2.24) is 0 Å². The highest BCUT2D eigenvalue weighted by Gasteiger charge is 2.38.